The van der Waals surface area contributed by atoms with Crippen molar-refractivity contribution in [2.75, 3.05) is 11.9 Å². The van der Waals surface area contributed by atoms with Crippen LogP contribution in [0.25, 0.3) is 11.4 Å². The van der Waals surface area contributed by atoms with Gasteiger partial charge in [0.2, 0.25) is 0 Å². The molecule has 0 fully saturated rings. The third kappa shape index (κ3) is 2.77. The van der Waals surface area contributed by atoms with Crippen LogP contribution in [-0.2, 0) is 0 Å². The quantitative estimate of drug-likeness (QED) is 0.864. The fourth-order valence-electron chi connectivity index (χ4n) is 1.44. The molecule has 2 rings (SSSR count). The van der Waals surface area contributed by atoms with E-state index in [-0.39, 0.29) is 0 Å². The molecular weight excluding hydrogens is 329 g/mol. The fourth-order valence-corrected chi connectivity index (χ4v) is 1.87. The Hall–Kier alpha value is -1.11. The first-order valence-corrected chi connectivity index (χ1v) is 6.60. The van der Waals surface area contributed by atoms with Gasteiger partial charge in [-0.05, 0) is 42.0 Å². The Balaban J connectivity index is 2.39. The summed E-state index contributed by atoms with van der Waals surface area (Å²) >= 11 is 2.27. The fraction of sp³-hybridized carbons (Fsp3) is 0.333. The molecule has 17 heavy (non-hydrogen) atoms. The van der Waals surface area contributed by atoms with Crippen LogP contribution in [0.2, 0.25) is 0 Å². The van der Waals surface area contributed by atoms with Gasteiger partial charge < -0.3 is 9.73 Å². The SMILES string of the molecule is CCCNc1nc(-c2ccoc2)nc(C)c1I. The van der Waals surface area contributed by atoms with E-state index in [0.29, 0.717) is 5.82 Å². The van der Waals surface area contributed by atoms with Crippen molar-refractivity contribution in [1.29, 1.82) is 0 Å². The van der Waals surface area contributed by atoms with Gasteiger partial charge in [-0.1, -0.05) is 6.92 Å². The van der Waals surface area contributed by atoms with Gasteiger partial charge in [-0.25, -0.2) is 9.97 Å². The highest BCUT2D eigenvalue weighted by atomic mass is 127. The summed E-state index contributed by atoms with van der Waals surface area (Å²) in [7, 11) is 0. The molecule has 0 amide bonds. The molecule has 2 aromatic heterocycles. The second kappa shape index (κ2) is 5.48. The first-order chi connectivity index (χ1) is 8.22. The smallest absolute Gasteiger partial charge is 0.165 e. The van der Waals surface area contributed by atoms with E-state index in [9.17, 15) is 0 Å². The van der Waals surface area contributed by atoms with E-state index < -0.39 is 0 Å². The molecule has 90 valence electrons. The molecule has 0 saturated heterocycles. The summed E-state index contributed by atoms with van der Waals surface area (Å²) in [4.78, 5) is 8.99. The largest absolute Gasteiger partial charge is 0.472 e. The van der Waals surface area contributed by atoms with Crippen LogP contribution in [0.3, 0.4) is 0 Å². The van der Waals surface area contributed by atoms with Crippen LogP contribution in [0.1, 0.15) is 19.0 Å². The van der Waals surface area contributed by atoms with Gasteiger partial charge in [0.1, 0.15) is 12.1 Å². The van der Waals surface area contributed by atoms with Crippen molar-refractivity contribution >= 4 is 28.4 Å². The summed E-state index contributed by atoms with van der Waals surface area (Å²) in [5.74, 6) is 1.60. The maximum Gasteiger partial charge on any atom is 0.165 e. The third-order valence-electron chi connectivity index (χ3n) is 2.34. The summed E-state index contributed by atoms with van der Waals surface area (Å²) in [6, 6.07) is 1.87. The lowest BCUT2D eigenvalue weighted by molar-refractivity contribution is 0.568. The first kappa shape index (κ1) is 12.3. The summed E-state index contributed by atoms with van der Waals surface area (Å²) in [6.45, 7) is 5.03. The van der Waals surface area contributed by atoms with Crippen molar-refractivity contribution in [3.05, 3.63) is 27.9 Å². The molecular formula is C12H14IN3O. The standard InChI is InChI=1S/C12H14IN3O/c1-3-5-14-12-10(13)8(2)15-11(16-12)9-4-6-17-7-9/h4,6-7H,3,5H2,1-2H3,(H,14,15,16). The van der Waals surface area contributed by atoms with Gasteiger partial charge in [0.25, 0.3) is 0 Å². The molecule has 0 saturated carbocycles. The molecule has 5 heteroatoms. The first-order valence-electron chi connectivity index (χ1n) is 5.53. The topological polar surface area (TPSA) is 51.0 Å². The van der Waals surface area contributed by atoms with E-state index in [1.807, 2.05) is 13.0 Å². The number of nitrogens with one attached hydrogen (secondary N) is 1. The van der Waals surface area contributed by atoms with Crippen LogP contribution in [0, 0.1) is 10.5 Å². The molecule has 2 heterocycles. The molecule has 0 atom stereocenters. The summed E-state index contributed by atoms with van der Waals surface area (Å²) < 4.78 is 6.13. The molecule has 0 aromatic carbocycles. The number of aromatic nitrogens is 2. The van der Waals surface area contributed by atoms with Gasteiger partial charge in [0.05, 0.1) is 21.1 Å². The summed E-state index contributed by atoms with van der Waals surface area (Å²) in [5, 5.41) is 3.32. The summed E-state index contributed by atoms with van der Waals surface area (Å²) in [6.07, 6.45) is 4.36. The zero-order chi connectivity index (χ0) is 12.3. The Labute approximate surface area is 114 Å². The molecule has 2 aromatic rings. The monoisotopic (exact) mass is 343 g/mol. The van der Waals surface area contributed by atoms with Gasteiger partial charge in [-0.15, -0.1) is 0 Å². The van der Waals surface area contributed by atoms with Gasteiger partial charge in [0, 0.05) is 6.54 Å². The summed E-state index contributed by atoms with van der Waals surface area (Å²) in [5.41, 5.74) is 1.89. The average molecular weight is 343 g/mol. The predicted octanol–water partition coefficient (Wildman–Crippen LogP) is 3.47. The van der Waals surface area contributed by atoms with Crippen molar-refractivity contribution in [2.24, 2.45) is 0 Å². The van der Waals surface area contributed by atoms with Crippen molar-refractivity contribution in [3.63, 3.8) is 0 Å². The van der Waals surface area contributed by atoms with Crippen LogP contribution in [0.15, 0.2) is 23.0 Å². The number of anilines is 1. The van der Waals surface area contributed by atoms with Crippen molar-refractivity contribution in [1.82, 2.24) is 9.97 Å². The van der Waals surface area contributed by atoms with Gasteiger partial charge in [-0.2, -0.15) is 0 Å². The normalized spacial score (nSPS) is 10.5. The third-order valence-corrected chi connectivity index (χ3v) is 3.63. The zero-order valence-corrected chi connectivity index (χ0v) is 12.0. The predicted molar refractivity (Wildman–Crippen MR) is 76.0 cm³/mol. The minimum Gasteiger partial charge on any atom is -0.472 e. The number of furan rings is 1. The molecule has 0 bridgehead atoms. The maximum absolute atomic E-state index is 5.06. The zero-order valence-electron chi connectivity index (χ0n) is 9.83. The highest BCUT2D eigenvalue weighted by Gasteiger charge is 2.10. The van der Waals surface area contributed by atoms with Gasteiger partial charge in [0.15, 0.2) is 5.82 Å². The van der Waals surface area contributed by atoms with Crippen LogP contribution < -0.4 is 5.32 Å². The van der Waals surface area contributed by atoms with Crippen molar-refractivity contribution < 1.29 is 4.42 Å². The van der Waals surface area contributed by atoms with E-state index in [2.05, 4.69) is 44.8 Å². The van der Waals surface area contributed by atoms with Gasteiger partial charge >= 0.3 is 0 Å². The molecule has 0 aliphatic heterocycles. The van der Waals surface area contributed by atoms with Crippen molar-refractivity contribution in [3.8, 4) is 11.4 Å². The van der Waals surface area contributed by atoms with Crippen molar-refractivity contribution in [2.45, 2.75) is 20.3 Å². The van der Waals surface area contributed by atoms with Crippen LogP contribution in [0.5, 0.6) is 0 Å². The Morgan fingerprint density at radius 3 is 2.88 bits per heavy atom. The Morgan fingerprint density at radius 2 is 2.24 bits per heavy atom. The van der Waals surface area contributed by atoms with Crippen LogP contribution in [-0.4, -0.2) is 16.5 Å². The Morgan fingerprint density at radius 1 is 1.41 bits per heavy atom. The Bertz CT molecular complexity index is 497. The van der Waals surface area contributed by atoms with Crippen LogP contribution >= 0.6 is 22.6 Å². The molecule has 0 unspecified atom stereocenters. The number of hydrogen-bond acceptors (Lipinski definition) is 4. The van der Waals surface area contributed by atoms with Crippen LogP contribution in [0.4, 0.5) is 5.82 Å². The van der Waals surface area contributed by atoms with E-state index in [1.54, 1.807) is 12.5 Å². The van der Waals surface area contributed by atoms with E-state index in [1.165, 1.54) is 0 Å². The molecule has 0 aliphatic carbocycles. The lowest BCUT2D eigenvalue weighted by Gasteiger charge is -2.09. The molecule has 1 N–H and O–H groups in total. The van der Waals surface area contributed by atoms with E-state index >= 15 is 0 Å². The second-order valence-electron chi connectivity index (χ2n) is 3.73. The minimum atomic E-state index is 0.704. The molecule has 0 radical (unpaired) electrons. The molecule has 4 nitrogen and oxygen atoms in total. The number of rotatable bonds is 4. The number of aryl methyl sites for hydroxylation is 1. The van der Waals surface area contributed by atoms with E-state index in [4.69, 9.17) is 4.42 Å². The lowest BCUT2D eigenvalue weighted by Crippen LogP contribution is -2.07. The second-order valence-corrected chi connectivity index (χ2v) is 4.81. The van der Waals surface area contributed by atoms with E-state index in [0.717, 1.165) is 33.6 Å². The Kier molecular flexibility index (Phi) is 3.98. The highest BCUT2D eigenvalue weighted by molar-refractivity contribution is 14.1. The number of nitrogens with zero attached hydrogens (tertiary/aromatic N) is 2. The minimum absolute atomic E-state index is 0.704. The lowest BCUT2D eigenvalue weighted by atomic mass is 10.3. The number of halogens is 1. The van der Waals surface area contributed by atoms with Gasteiger partial charge in [-0.3, -0.25) is 0 Å². The maximum atomic E-state index is 5.06. The average Bonchev–Trinajstić information content (AvgIpc) is 2.84. The number of hydrogen-bond donors (Lipinski definition) is 1. The molecule has 0 aliphatic rings. The molecule has 0 spiro atoms. The highest BCUT2D eigenvalue weighted by Crippen LogP contribution is 2.23.